The summed E-state index contributed by atoms with van der Waals surface area (Å²) >= 11 is 0. The molecule has 0 aliphatic heterocycles. The zero-order valence-corrected chi connectivity index (χ0v) is 12.4. The van der Waals surface area contributed by atoms with E-state index in [9.17, 15) is 9.59 Å². The lowest BCUT2D eigenvalue weighted by Crippen LogP contribution is -2.33. The number of nitrogens with zero attached hydrogens (tertiary/aromatic N) is 1. The fourth-order valence-electron chi connectivity index (χ4n) is 2.25. The van der Waals surface area contributed by atoms with E-state index in [1.807, 2.05) is 18.2 Å². The summed E-state index contributed by atoms with van der Waals surface area (Å²) in [7, 11) is 1.76. The van der Waals surface area contributed by atoms with Crippen molar-refractivity contribution in [1.29, 1.82) is 0 Å². The Bertz CT molecular complexity index is 674. The normalized spacial score (nSPS) is 15.1. The van der Waals surface area contributed by atoms with Crippen molar-refractivity contribution in [2.45, 2.75) is 25.0 Å². The van der Waals surface area contributed by atoms with Gasteiger partial charge >= 0.3 is 5.97 Å². The first-order valence-corrected chi connectivity index (χ1v) is 7.33. The summed E-state index contributed by atoms with van der Waals surface area (Å²) in [6.45, 7) is 0. The average Bonchev–Trinajstić information content (AvgIpc) is 3.23. The highest BCUT2D eigenvalue weighted by Crippen LogP contribution is 2.24. The van der Waals surface area contributed by atoms with Gasteiger partial charge in [0.25, 0.3) is 5.91 Å². The molecule has 114 valence electrons. The smallest absolute Gasteiger partial charge is 0.356 e. The van der Waals surface area contributed by atoms with Crippen LogP contribution in [0.5, 0.6) is 0 Å². The van der Waals surface area contributed by atoms with Crippen LogP contribution < -0.4 is 5.32 Å². The molecule has 1 N–H and O–H groups in total. The highest BCUT2D eigenvalue weighted by molar-refractivity contribution is 5.91. The molecule has 0 spiro atoms. The van der Waals surface area contributed by atoms with Gasteiger partial charge in [-0.2, -0.15) is 0 Å². The second-order valence-corrected chi connectivity index (χ2v) is 5.48. The largest absolute Gasteiger partial charge is 0.443 e. The van der Waals surface area contributed by atoms with Crippen LogP contribution >= 0.6 is 0 Å². The number of hydrogen-bond acceptors (Lipinski definition) is 3. The third-order valence-corrected chi connectivity index (χ3v) is 3.64. The number of amides is 1. The summed E-state index contributed by atoms with van der Waals surface area (Å²) in [5.41, 5.74) is 1.09. The molecule has 1 amide bonds. The van der Waals surface area contributed by atoms with Crippen molar-refractivity contribution >= 4 is 11.9 Å². The molecule has 0 saturated heterocycles. The van der Waals surface area contributed by atoms with E-state index < -0.39 is 12.1 Å². The molecule has 1 aliphatic carbocycles. The fraction of sp³-hybridized carbons (Fsp3) is 0.294. The SMILES string of the molecule is Cn1cccc1C(=O)OC(C(=O)NC1CC1)c1ccccc1. The highest BCUT2D eigenvalue weighted by Gasteiger charge is 2.31. The number of carbonyl (C=O) groups excluding carboxylic acids is 2. The topological polar surface area (TPSA) is 60.3 Å². The maximum absolute atomic E-state index is 12.4. The lowest BCUT2D eigenvalue weighted by molar-refractivity contribution is -0.130. The van der Waals surface area contributed by atoms with Crippen molar-refractivity contribution < 1.29 is 14.3 Å². The first-order valence-electron chi connectivity index (χ1n) is 7.33. The van der Waals surface area contributed by atoms with Gasteiger partial charge < -0.3 is 14.6 Å². The van der Waals surface area contributed by atoms with Gasteiger partial charge in [-0.1, -0.05) is 30.3 Å². The van der Waals surface area contributed by atoms with Crippen molar-refractivity contribution in [3.63, 3.8) is 0 Å². The summed E-state index contributed by atoms with van der Waals surface area (Å²) in [6, 6.07) is 12.7. The number of aromatic nitrogens is 1. The molecule has 0 radical (unpaired) electrons. The molecular formula is C17H18N2O3. The number of hydrogen-bond donors (Lipinski definition) is 1. The summed E-state index contributed by atoms with van der Waals surface area (Å²) < 4.78 is 7.15. The number of carbonyl (C=O) groups is 2. The second kappa shape index (κ2) is 6.05. The summed E-state index contributed by atoms with van der Waals surface area (Å²) in [4.78, 5) is 24.7. The molecule has 1 atom stereocenters. The maximum atomic E-state index is 12.4. The van der Waals surface area contributed by atoms with Crippen molar-refractivity contribution in [3.05, 3.63) is 59.9 Å². The molecule has 0 bridgehead atoms. The van der Waals surface area contributed by atoms with Gasteiger partial charge in [0, 0.05) is 24.8 Å². The van der Waals surface area contributed by atoms with Crippen LogP contribution in [0.2, 0.25) is 0 Å². The molecule has 3 rings (SSSR count). The van der Waals surface area contributed by atoms with Gasteiger partial charge in [0.2, 0.25) is 6.10 Å². The maximum Gasteiger partial charge on any atom is 0.356 e. The Kier molecular flexibility index (Phi) is 3.96. The average molecular weight is 298 g/mol. The van der Waals surface area contributed by atoms with Crippen LogP contribution in [0.25, 0.3) is 0 Å². The van der Waals surface area contributed by atoms with Crippen molar-refractivity contribution in [2.75, 3.05) is 0 Å². The minimum Gasteiger partial charge on any atom is -0.443 e. The molecule has 5 nitrogen and oxygen atoms in total. The van der Waals surface area contributed by atoms with Crippen molar-refractivity contribution in [1.82, 2.24) is 9.88 Å². The van der Waals surface area contributed by atoms with E-state index in [1.54, 1.807) is 42.1 Å². The molecule has 1 aromatic carbocycles. The summed E-state index contributed by atoms with van der Waals surface area (Å²) in [5.74, 6) is -0.774. The van der Waals surface area contributed by atoms with Crippen LogP contribution in [0.4, 0.5) is 0 Å². The monoisotopic (exact) mass is 298 g/mol. The van der Waals surface area contributed by atoms with E-state index in [-0.39, 0.29) is 11.9 Å². The van der Waals surface area contributed by atoms with Gasteiger partial charge in [0.05, 0.1) is 0 Å². The number of benzene rings is 1. The zero-order valence-electron chi connectivity index (χ0n) is 12.4. The van der Waals surface area contributed by atoms with E-state index in [4.69, 9.17) is 4.74 Å². The number of nitrogens with one attached hydrogen (secondary N) is 1. The summed E-state index contributed by atoms with van der Waals surface area (Å²) in [6.07, 6.45) is 2.81. The van der Waals surface area contributed by atoms with Crippen LogP contribution in [-0.2, 0) is 16.6 Å². The predicted octanol–water partition coefficient (Wildman–Crippen LogP) is 2.20. The van der Waals surface area contributed by atoms with E-state index in [0.717, 1.165) is 12.8 Å². The molecule has 5 heteroatoms. The Morgan fingerprint density at radius 3 is 2.50 bits per heavy atom. The van der Waals surface area contributed by atoms with E-state index in [2.05, 4.69) is 5.32 Å². The predicted molar refractivity (Wildman–Crippen MR) is 81.2 cm³/mol. The van der Waals surface area contributed by atoms with Crippen LogP contribution in [0.1, 0.15) is 35.0 Å². The first kappa shape index (κ1) is 14.4. The number of esters is 1. The van der Waals surface area contributed by atoms with Crippen LogP contribution in [0, 0.1) is 0 Å². The van der Waals surface area contributed by atoms with Crippen LogP contribution in [0.15, 0.2) is 48.7 Å². The zero-order chi connectivity index (χ0) is 15.5. The van der Waals surface area contributed by atoms with Gasteiger partial charge in [0.1, 0.15) is 5.69 Å². The Labute approximate surface area is 128 Å². The number of aryl methyl sites for hydroxylation is 1. The minimum atomic E-state index is -0.927. The molecule has 1 aliphatic rings. The third-order valence-electron chi connectivity index (χ3n) is 3.64. The quantitative estimate of drug-likeness (QED) is 0.861. The Hall–Kier alpha value is -2.56. The molecule has 1 aromatic heterocycles. The molecule has 1 unspecified atom stereocenters. The standard InChI is InChI=1S/C17H18N2O3/c1-19-11-5-8-14(19)17(21)22-15(12-6-3-2-4-7-12)16(20)18-13-9-10-13/h2-8,11,13,15H,9-10H2,1H3,(H,18,20). The van der Waals surface area contributed by atoms with Crippen LogP contribution in [-0.4, -0.2) is 22.5 Å². The van der Waals surface area contributed by atoms with Crippen molar-refractivity contribution in [2.24, 2.45) is 7.05 Å². The van der Waals surface area contributed by atoms with Gasteiger partial charge in [0.15, 0.2) is 0 Å². The molecule has 22 heavy (non-hydrogen) atoms. The highest BCUT2D eigenvalue weighted by atomic mass is 16.5. The van der Waals surface area contributed by atoms with E-state index in [1.165, 1.54) is 0 Å². The summed E-state index contributed by atoms with van der Waals surface area (Å²) in [5, 5.41) is 2.89. The molecule has 2 aromatic rings. The van der Waals surface area contributed by atoms with Gasteiger partial charge in [-0.15, -0.1) is 0 Å². The molecule has 1 heterocycles. The van der Waals surface area contributed by atoms with Gasteiger partial charge in [-0.25, -0.2) is 4.79 Å². The first-order chi connectivity index (χ1) is 10.6. The second-order valence-electron chi connectivity index (χ2n) is 5.48. The van der Waals surface area contributed by atoms with Crippen molar-refractivity contribution in [3.8, 4) is 0 Å². The lowest BCUT2D eigenvalue weighted by atomic mass is 10.1. The van der Waals surface area contributed by atoms with Crippen LogP contribution in [0.3, 0.4) is 0 Å². The molecular weight excluding hydrogens is 280 g/mol. The fourth-order valence-corrected chi connectivity index (χ4v) is 2.25. The number of ether oxygens (including phenoxy) is 1. The molecule has 1 saturated carbocycles. The Morgan fingerprint density at radius 2 is 1.91 bits per heavy atom. The van der Waals surface area contributed by atoms with E-state index >= 15 is 0 Å². The molecule has 1 fully saturated rings. The van der Waals surface area contributed by atoms with E-state index in [0.29, 0.717) is 11.3 Å². The number of rotatable bonds is 5. The Balaban J connectivity index is 1.80. The minimum absolute atomic E-state index is 0.215. The third kappa shape index (κ3) is 3.19. The lowest BCUT2D eigenvalue weighted by Gasteiger charge is -2.18. The van der Waals surface area contributed by atoms with Gasteiger partial charge in [-0.05, 0) is 25.0 Å². The Morgan fingerprint density at radius 1 is 1.18 bits per heavy atom. The van der Waals surface area contributed by atoms with Gasteiger partial charge in [-0.3, -0.25) is 4.79 Å².